The van der Waals surface area contributed by atoms with E-state index in [0.717, 1.165) is 6.92 Å². The van der Waals surface area contributed by atoms with Crippen molar-refractivity contribution in [2.75, 3.05) is 24.7 Å². The highest BCUT2D eigenvalue weighted by atomic mass is 32.2. The highest BCUT2D eigenvalue weighted by Crippen LogP contribution is 2.50. The van der Waals surface area contributed by atoms with Crippen LogP contribution in [0.5, 0.6) is 0 Å². The normalized spacial score (nSPS) is 15.5. The van der Waals surface area contributed by atoms with Crippen LogP contribution in [0.1, 0.15) is 6.92 Å². The van der Waals surface area contributed by atoms with Crippen molar-refractivity contribution >= 4 is 27.6 Å². The molecule has 47 heavy (non-hydrogen) atoms. The van der Waals surface area contributed by atoms with E-state index in [0.29, 0.717) is 0 Å². The predicted molar refractivity (Wildman–Crippen MR) is 109 cm³/mol. The van der Waals surface area contributed by atoms with Gasteiger partial charge in [-0.1, -0.05) is 11.8 Å². The third-order valence-corrected chi connectivity index (χ3v) is 6.46. The van der Waals surface area contributed by atoms with Crippen LogP contribution in [0, 0.1) is 0 Å². The molecule has 0 aromatic heterocycles. The van der Waals surface area contributed by atoms with Gasteiger partial charge in [0.25, 0.3) is 12.7 Å². The summed E-state index contributed by atoms with van der Waals surface area (Å²) in [5.41, 5.74) is 0. The molecule has 0 bridgehead atoms. The minimum absolute atomic E-state index is 0.690. The molecule has 31 heteroatoms. The Hall–Kier alpha value is -1.83. The molecule has 0 heterocycles. The van der Waals surface area contributed by atoms with Crippen LogP contribution in [-0.4, -0.2) is 114 Å². The van der Waals surface area contributed by atoms with Crippen LogP contribution in [0.15, 0.2) is 0 Å². The molecule has 0 saturated heterocycles. The van der Waals surface area contributed by atoms with Gasteiger partial charge >= 0.3 is 52.9 Å². The summed E-state index contributed by atoms with van der Waals surface area (Å²) in [5.74, 6) is -17.4. The van der Waals surface area contributed by atoms with Crippen molar-refractivity contribution in [1.82, 2.24) is 0 Å². The second-order valence-electron chi connectivity index (χ2n) is 7.37. The molecule has 9 nitrogen and oxygen atoms in total. The lowest BCUT2D eigenvalue weighted by molar-refractivity contribution is -0.446. The molecule has 0 radical (unpaired) electrons. The largest absolute Gasteiger partial charge is 0.462 e. The number of rotatable bonds is 14. The van der Waals surface area contributed by atoms with E-state index in [1.165, 1.54) is 0 Å². The average Bonchev–Trinajstić information content (AvgIpc) is 2.85. The average molecular weight is 796 g/mol. The summed E-state index contributed by atoms with van der Waals surface area (Å²) in [4.78, 5) is 12.5. The minimum Gasteiger partial charge on any atom is -0.396 e. The molecule has 0 aliphatic rings. The lowest BCUT2D eigenvalue weighted by Crippen LogP contribution is -2.56. The van der Waals surface area contributed by atoms with Crippen molar-refractivity contribution in [1.29, 1.82) is 0 Å². The number of ether oxygens (including phenoxy) is 2. The fourth-order valence-corrected chi connectivity index (χ4v) is 2.91. The Morgan fingerprint density at radius 3 is 1.26 bits per heavy atom. The molecule has 0 aromatic carbocycles. The molecule has 0 aromatic rings. The lowest BCUT2D eigenvalue weighted by atomic mass is 10.3. The molecule has 286 valence electrons. The van der Waals surface area contributed by atoms with E-state index in [9.17, 15) is 101 Å². The van der Waals surface area contributed by atoms with Crippen LogP contribution in [0.3, 0.4) is 0 Å². The highest BCUT2D eigenvalue weighted by molar-refractivity contribution is 8.00. The quantitative estimate of drug-likeness (QED) is 0.117. The molecule has 2 atom stereocenters. The van der Waals surface area contributed by atoms with Crippen molar-refractivity contribution in [3.05, 3.63) is 0 Å². The van der Waals surface area contributed by atoms with Crippen LogP contribution in [-0.2, 0) is 29.0 Å². The van der Waals surface area contributed by atoms with E-state index in [1.807, 2.05) is 4.74 Å². The van der Waals surface area contributed by atoms with E-state index in [2.05, 4.69) is 9.62 Å². The Balaban J connectivity index is -0.000000721. The summed E-state index contributed by atoms with van der Waals surface area (Å²) in [6, 6.07) is 0. The molecule has 0 rings (SSSR count). The smallest absolute Gasteiger partial charge is 0.396 e. The topological polar surface area (TPSA) is 140 Å². The number of alkyl halides is 20. The monoisotopic (exact) mass is 796 g/mol. The number of carbonyl (C=O) groups excluding carboxylic acids is 1. The van der Waals surface area contributed by atoms with E-state index < -0.39 is 112 Å². The fraction of sp³-hybridized carbons (Fsp3) is 0.938. The summed E-state index contributed by atoms with van der Waals surface area (Å²) in [6.45, 7) is -1.36. The van der Waals surface area contributed by atoms with Gasteiger partial charge in [-0.25, -0.2) is 22.0 Å². The van der Waals surface area contributed by atoms with E-state index >= 15 is 0 Å². The number of hydrogen-bond acceptors (Lipinski definition) is 10. The molecule has 0 aliphatic carbocycles. The van der Waals surface area contributed by atoms with Gasteiger partial charge in [-0.05, 0) is 0 Å². The van der Waals surface area contributed by atoms with Crippen LogP contribution in [0.4, 0.5) is 87.8 Å². The maximum atomic E-state index is 12.9. The maximum absolute atomic E-state index is 12.9. The van der Waals surface area contributed by atoms with Gasteiger partial charge in [0.2, 0.25) is 9.84 Å². The Morgan fingerprint density at radius 2 is 1.00 bits per heavy atom. The summed E-state index contributed by atoms with van der Waals surface area (Å²) >= 11 is -0.797. The molecular weight excluding hydrogens is 780 g/mol. The second-order valence-corrected chi connectivity index (χ2v) is 10.8. The Morgan fingerprint density at radius 1 is 0.681 bits per heavy atom. The molecule has 0 spiro atoms. The predicted octanol–water partition coefficient (Wildman–Crippen LogP) is 5.52. The van der Waals surface area contributed by atoms with Crippen molar-refractivity contribution < 1.29 is 131 Å². The van der Waals surface area contributed by atoms with Gasteiger partial charge in [0.1, 0.15) is 0 Å². The molecule has 3 N–H and O–H groups in total. The number of thioether (sulfide) groups is 1. The number of aliphatic hydroxyl groups is 2. The fourth-order valence-electron chi connectivity index (χ4n) is 1.52. The van der Waals surface area contributed by atoms with Gasteiger partial charge in [0.05, 0.1) is 19.0 Å². The molecular formula is C16H16F20O9S2. The van der Waals surface area contributed by atoms with Crippen molar-refractivity contribution in [2.24, 2.45) is 0 Å². The number of hydrogen-bond donors (Lipinski definition) is 3. The van der Waals surface area contributed by atoms with Gasteiger partial charge in [-0.3, -0.25) is 9.47 Å². The van der Waals surface area contributed by atoms with Crippen molar-refractivity contribution in [3.8, 4) is 0 Å². The van der Waals surface area contributed by atoms with Gasteiger partial charge in [0, 0.05) is 12.7 Å². The molecule has 0 aliphatic heterocycles. The summed E-state index contributed by atoms with van der Waals surface area (Å²) in [6.07, 6.45) is -36.7. The van der Waals surface area contributed by atoms with Gasteiger partial charge in [-0.15, -0.1) is 0 Å². The summed E-state index contributed by atoms with van der Waals surface area (Å²) < 4.78 is 272. The second kappa shape index (κ2) is 17.2. The zero-order valence-electron chi connectivity index (χ0n) is 21.7. The molecule has 0 amide bonds. The first-order valence-electron chi connectivity index (χ1n) is 10.3. The van der Waals surface area contributed by atoms with Crippen molar-refractivity contribution in [2.45, 2.75) is 66.6 Å². The Labute approximate surface area is 250 Å². The number of aliphatic hydroxyl groups excluding tert-OH is 2. The zero-order chi connectivity index (χ0) is 38.9. The number of sulfone groups is 1. The standard InChI is InChI=1S/C7H6F10O4S.C7H6F10O2S.C2H4O3/c8-3(4(9,10)22(19,20)2-1-18)21-7(16,17)5(11,12)6(13,14)15;8-3(4(9,10)20-2-1-18)19-7(16,17)5(11,12)6(13,14)15;1-2(3)5-4/h3,18H,1-2H2;3,18H,1-2H2;4H,1H3. The first kappa shape index (κ1) is 49.6. The van der Waals surface area contributed by atoms with Gasteiger partial charge < -0.3 is 15.1 Å². The summed E-state index contributed by atoms with van der Waals surface area (Å²) in [5, 5.41) is 12.8. The highest BCUT2D eigenvalue weighted by Gasteiger charge is 2.77. The van der Waals surface area contributed by atoms with Crippen LogP contribution >= 0.6 is 11.8 Å². The van der Waals surface area contributed by atoms with Gasteiger partial charge in [-0.2, -0.15) is 84.3 Å². The van der Waals surface area contributed by atoms with Gasteiger partial charge in [0.15, 0.2) is 0 Å². The first-order valence-corrected chi connectivity index (χ1v) is 13.0. The van der Waals surface area contributed by atoms with Crippen LogP contribution in [0.25, 0.3) is 0 Å². The summed E-state index contributed by atoms with van der Waals surface area (Å²) in [7, 11) is -6.01. The third kappa shape index (κ3) is 13.5. The van der Waals surface area contributed by atoms with Crippen LogP contribution < -0.4 is 0 Å². The van der Waals surface area contributed by atoms with E-state index in [4.69, 9.17) is 15.5 Å². The van der Waals surface area contributed by atoms with E-state index in [1.54, 1.807) is 0 Å². The maximum Gasteiger partial charge on any atom is 0.462 e. The van der Waals surface area contributed by atoms with Crippen LogP contribution in [0.2, 0.25) is 0 Å². The Bertz CT molecular complexity index is 1070. The lowest BCUT2D eigenvalue weighted by Gasteiger charge is -2.30. The number of carbonyl (C=O) groups is 1. The molecule has 0 fully saturated rings. The van der Waals surface area contributed by atoms with E-state index in [-0.39, 0.29) is 0 Å². The minimum atomic E-state index is -7.07. The first-order chi connectivity index (χ1) is 20.4. The third-order valence-electron chi connectivity index (χ3n) is 3.76. The SMILES string of the molecule is CC(=O)OO.O=S(=O)(CCO)C(F)(F)C(F)OC(F)(F)C(F)(F)C(F)(F)F.OCCSC(F)(F)C(F)OC(F)(F)C(F)(F)C(F)(F)F. The Kier molecular flexibility index (Phi) is 18.1. The zero-order valence-corrected chi connectivity index (χ0v) is 23.3. The van der Waals surface area contributed by atoms with Crippen molar-refractivity contribution in [3.63, 3.8) is 0 Å². The molecule has 2 unspecified atom stereocenters. The number of halogens is 20. The molecule has 0 saturated carbocycles.